The van der Waals surface area contributed by atoms with Crippen molar-refractivity contribution in [3.8, 4) is 11.4 Å². The van der Waals surface area contributed by atoms with Crippen LogP contribution in [0, 0.1) is 6.92 Å². The highest BCUT2D eigenvalue weighted by atomic mass is 32.2. The Kier molecular flexibility index (Phi) is 8.99. The summed E-state index contributed by atoms with van der Waals surface area (Å²) in [6.07, 6.45) is 3.72. The Bertz CT molecular complexity index is 782. The molecule has 0 saturated heterocycles. The number of thiazole rings is 2. The monoisotopic (exact) mass is 408 g/mol. The molecular formula is C17H24N6S3. The number of nitrogens with one attached hydrogen (secondary N) is 1. The Morgan fingerprint density at radius 3 is 2.62 bits per heavy atom. The molecule has 26 heavy (non-hydrogen) atoms. The highest BCUT2D eigenvalue weighted by Gasteiger charge is 2.09. The van der Waals surface area contributed by atoms with Crippen LogP contribution in [0.4, 0.5) is 5.13 Å². The Morgan fingerprint density at radius 2 is 1.96 bits per heavy atom. The van der Waals surface area contributed by atoms with Gasteiger partial charge in [-0.15, -0.1) is 22.7 Å². The van der Waals surface area contributed by atoms with Crippen LogP contribution in [0.15, 0.2) is 29.1 Å². The van der Waals surface area contributed by atoms with Gasteiger partial charge in [0.25, 0.3) is 0 Å². The molecular weight excluding hydrogens is 384 g/mol. The molecule has 3 rings (SSSR count). The van der Waals surface area contributed by atoms with E-state index in [9.17, 15) is 0 Å². The third kappa shape index (κ3) is 6.65. The minimum Gasteiger partial charge on any atom is -0.375 e. The second-order valence-electron chi connectivity index (χ2n) is 5.32. The molecule has 0 amide bonds. The van der Waals surface area contributed by atoms with Crippen molar-refractivity contribution in [1.82, 2.24) is 19.7 Å². The summed E-state index contributed by atoms with van der Waals surface area (Å²) < 4.78 is 2.96. The molecule has 0 radical (unpaired) electrons. The summed E-state index contributed by atoms with van der Waals surface area (Å²) in [6, 6.07) is 4.04. The Hall–Kier alpha value is -1.52. The summed E-state index contributed by atoms with van der Waals surface area (Å²) >= 11 is 4.78. The minimum absolute atomic E-state index is 0.577. The molecule has 0 unspecified atom stereocenters. The first-order valence-corrected chi connectivity index (χ1v) is 10.9. The quantitative estimate of drug-likeness (QED) is 0.407. The summed E-state index contributed by atoms with van der Waals surface area (Å²) in [6.45, 7) is 2.82. The largest absolute Gasteiger partial charge is 0.375 e. The topological polar surface area (TPSA) is 103 Å². The third-order valence-electron chi connectivity index (χ3n) is 3.39. The first kappa shape index (κ1) is 20.8. The van der Waals surface area contributed by atoms with Gasteiger partial charge in [0.1, 0.15) is 11.4 Å². The number of aryl methyl sites for hydroxylation is 1. The lowest BCUT2D eigenvalue weighted by atomic mass is 10.1. The van der Waals surface area contributed by atoms with Gasteiger partial charge in [-0.1, -0.05) is 18.0 Å². The highest BCUT2D eigenvalue weighted by molar-refractivity contribution is 7.97. The van der Waals surface area contributed by atoms with Gasteiger partial charge < -0.3 is 11.5 Å². The van der Waals surface area contributed by atoms with Crippen LogP contribution in [-0.4, -0.2) is 34.3 Å². The first-order valence-electron chi connectivity index (χ1n) is 8.19. The molecule has 0 atom stereocenters. The number of nitrogens with two attached hydrogens (primary N) is 2. The molecule has 0 spiro atoms. The fraction of sp³-hybridized carbons (Fsp3) is 0.353. The van der Waals surface area contributed by atoms with Crippen LogP contribution in [0.25, 0.3) is 11.4 Å². The number of nitrogens with zero attached hydrogens (tertiary/aromatic N) is 3. The van der Waals surface area contributed by atoms with Crippen LogP contribution in [0.2, 0.25) is 0 Å². The molecule has 0 aliphatic carbocycles. The van der Waals surface area contributed by atoms with Crippen molar-refractivity contribution in [1.29, 1.82) is 0 Å². The van der Waals surface area contributed by atoms with E-state index >= 15 is 0 Å². The zero-order valence-electron chi connectivity index (χ0n) is 14.9. The Morgan fingerprint density at radius 1 is 1.19 bits per heavy atom. The maximum atomic E-state index is 5.64. The second kappa shape index (κ2) is 11.2. The molecule has 3 heterocycles. The maximum absolute atomic E-state index is 5.64. The fourth-order valence-electron chi connectivity index (χ4n) is 2.04. The molecule has 0 fully saturated rings. The van der Waals surface area contributed by atoms with Crippen molar-refractivity contribution in [3.05, 3.63) is 45.4 Å². The first-order chi connectivity index (χ1) is 12.6. The van der Waals surface area contributed by atoms with E-state index in [4.69, 9.17) is 11.5 Å². The SMILES string of the molecule is CNSCCCN.Cc1ncccc1Cc1nc(-c2csc(N)n2)cs1. The fourth-order valence-corrected chi connectivity index (χ4v) is 3.92. The van der Waals surface area contributed by atoms with E-state index < -0.39 is 0 Å². The van der Waals surface area contributed by atoms with Crippen LogP contribution in [0.1, 0.15) is 22.7 Å². The second-order valence-corrected chi connectivity index (χ2v) is 8.25. The van der Waals surface area contributed by atoms with Gasteiger partial charge in [-0.25, -0.2) is 9.97 Å². The Labute approximate surface area is 166 Å². The van der Waals surface area contributed by atoms with Crippen LogP contribution < -0.4 is 16.2 Å². The standard InChI is InChI=1S/C13H12N4S2.C4H12N2S/c1-8-9(3-2-4-15-8)5-12-16-10(6-18-12)11-7-19-13(14)17-11;1-6-7-4-2-3-5/h2-4,6-7H,5H2,1H3,(H2,14,17);6H,2-5H2,1H3. The van der Waals surface area contributed by atoms with Gasteiger partial charge in [-0.3, -0.25) is 9.71 Å². The van der Waals surface area contributed by atoms with Crippen LogP contribution >= 0.6 is 34.6 Å². The van der Waals surface area contributed by atoms with E-state index in [2.05, 4.69) is 25.7 Å². The maximum Gasteiger partial charge on any atom is 0.180 e. The summed E-state index contributed by atoms with van der Waals surface area (Å²) in [5, 5.41) is 5.60. The van der Waals surface area contributed by atoms with E-state index in [0.717, 1.165) is 47.2 Å². The number of rotatable bonds is 7. The number of nitrogen functional groups attached to an aromatic ring is 1. The summed E-state index contributed by atoms with van der Waals surface area (Å²) in [7, 11) is 1.92. The molecule has 3 aromatic rings. The van der Waals surface area contributed by atoms with E-state index in [0.29, 0.717) is 5.13 Å². The van der Waals surface area contributed by atoms with Gasteiger partial charge in [-0.05, 0) is 38.6 Å². The summed E-state index contributed by atoms with van der Waals surface area (Å²) in [4.78, 5) is 13.1. The molecule has 5 N–H and O–H groups in total. The van der Waals surface area contributed by atoms with Crippen molar-refractivity contribution in [3.63, 3.8) is 0 Å². The van der Waals surface area contributed by atoms with Crippen molar-refractivity contribution in [2.45, 2.75) is 19.8 Å². The minimum atomic E-state index is 0.577. The number of anilines is 1. The number of hydrogen-bond acceptors (Lipinski definition) is 9. The van der Waals surface area contributed by atoms with Gasteiger partial charge in [0, 0.05) is 34.8 Å². The molecule has 0 aliphatic heterocycles. The zero-order chi connectivity index (χ0) is 18.8. The van der Waals surface area contributed by atoms with E-state index in [1.165, 1.54) is 16.9 Å². The molecule has 3 aromatic heterocycles. The van der Waals surface area contributed by atoms with Crippen LogP contribution in [0.5, 0.6) is 0 Å². The lowest BCUT2D eigenvalue weighted by molar-refractivity contribution is 0.940. The molecule has 140 valence electrons. The molecule has 0 aliphatic rings. The van der Waals surface area contributed by atoms with E-state index in [1.54, 1.807) is 23.3 Å². The normalized spacial score (nSPS) is 10.4. The van der Waals surface area contributed by atoms with Crippen LogP contribution in [0.3, 0.4) is 0 Å². The molecule has 9 heteroatoms. The predicted molar refractivity (Wildman–Crippen MR) is 115 cm³/mol. The number of aromatic nitrogens is 3. The van der Waals surface area contributed by atoms with Gasteiger partial charge >= 0.3 is 0 Å². The average molecular weight is 409 g/mol. The molecule has 0 saturated carbocycles. The van der Waals surface area contributed by atoms with Crippen LogP contribution in [-0.2, 0) is 6.42 Å². The predicted octanol–water partition coefficient (Wildman–Crippen LogP) is 3.35. The number of pyridine rings is 1. The van der Waals surface area contributed by atoms with Gasteiger partial charge in [0.15, 0.2) is 5.13 Å². The summed E-state index contributed by atoms with van der Waals surface area (Å²) in [5.74, 6) is 1.12. The molecule has 0 bridgehead atoms. The molecule has 0 aromatic carbocycles. The Balaban J connectivity index is 0.000000298. The van der Waals surface area contributed by atoms with Gasteiger partial charge in [0.2, 0.25) is 0 Å². The smallest absolute Gasteiger partial charge is 0.180 e. The van der Waals surface area contributed by atoms with Gasteiger partial charge in [0.05, 0.1) is 5.01 Å². The van der Waals surface area contributed by atoms with Crippen molar-refractivity contribution >= 4 is 39.8 Å². The highest BCUT2D eigenvalue weighted by Crippen LogP contribution is 2.25. The van der Waals surface area contributed by atoms with E-state index in [-0.39, 0.29) is 0 Å². The summed E-state index contributed by atoms with van der Waals surface area (Å²) in [5.41, 5.74) is 14.9. The van der Waals surface area contributed by atoms with Crippen molar-refractivity contribution in [2.75, 3.05) is 25.1 Å². The lowest BCUT2D eigenvalue weighted by Gasteiger charge is -2.00. The zero-order valence-corrected chi connectivity index (χ0v) is 17.4. The average Bonchev–Trinajstić information content (AvgIpc) is 3.27. The van der Waals surface area contributed by atoms with Gasteiger partial charge in [-0.2, -0.15) is 0 Å². The van der Waals surface area contributed by atoms with E-state index in [1.807, 2.05) is 37.0 Å². The number of hydrogen-bond donors (Lipinski definition) is 3. The van der Waals surface area contributed by atoms with Crippen molar-refractivity contribution < 1.29 is 0 Å². The third-order valence-corrected chi connectivity index (χ3v) is 5.69. The lowest BCUT2D eigenvalue weighted by Crippen LogP contribution is -2.02. The molecule has 6 nitrogen and oxygen atoms in total. The van der Waals surface area contributed by atoms with Crippen molar-refractivity contribution in [2.24, 2.45) is 5.73 Å².